The van der Waals surface area contributed by atoms with Gasteiger partial charge in [-0.3, -0.25) is 9.59 Å². The maximum absolute atomic E-state index is 12.8. The van der Waals surface area contributed by atoms with Crippen LogP contribution >= 0.6 is 0 Å². The predicted molar refractivity (Wildman–Crippen MR) is 114 cm³/mol. The molecule has 4 N–H and O–H groups in total. The summed E-state index contributed by atoms with van der Waals surface area (Å²) >= 11 is 0. The van der Waals surface area contributed by atoms with Crippen LogP contribution in [0.2, 0.25) is 0 Å². The van der Waals surface area contributed by atoms with E-state index in [4.69, 9.17) is 4.74 Å². The molecule has 2 aromatic carbocycles. The molecule has 2 atom stereocenters. The molecule has 0 saturated carbocycles. The summed E-state index contributed by atoms with van der Waals surface area (Å²) in [5.74, 6) is -9.18. The van der Waals surface area contributed by atoms with Crippen molar-refractivity contribution >= 4 is 41.4 Å². The number of carboxylic acid groups (broad SMARTS) is 4. The van der Waals surface area contributed by atoms with Crippen molar-refractivity contribution in [1.29, 1.82) is 0 Å². The van der Waals surface area contributed by atoms with E-state index in [0.717, 1.165) is 24.3 Å². The van der Waals surface area contributed by atoms with Gasteiger partial charge in [-0.2, -0.15) is 0 Å². The van der Waals surface area contributed by atoms with Gasteiger partial charge >= 0.3 is 35.8 Å². The van der Waals surface area contributed by atoms with Gasteiger partial charge in [0, 0.05) is 0 Å². The second-order valence-electron chi connectivity index (χ2n) is 7.75. The van der Waals surface area contributed by atoms with Crippen LogP contribution in [0.4, 0.5) is 0 Å². The summed E-state index contributed by atoms with van der Waals surface area (Å²) in [6, 6.07) is 6.77. The summed E-state index contributed by atoms with van der Waals surface area (Å²) in [6.45, 7) is 0. The van der Waals surface area contributed by atoms with Crippen LogP contribution in [0.15, 0.2) is 54.6 Å². The first-order valence-electron chi connectivity index (χ1n) is 9.86. The highest BCUT2D eigenvalue weighted by atomic mass is 16.6. The minimum absolute atomic E-state index is 0.0137. The fourth-order valence-electron chi connectivity index (χ4n) is 4.22. The normalized spacial score (nSPS) is 20.6. The molecule has 1 fully saturated rings. The third kappa shape index (κ3) is 3.55. The smallest absolute Gasteiger partial charge is 0.336 e. The highest BCUT2D eigenvalue weighted by Gasteiger charge is 2.57. The number of esters is 2. The second kappa shape index (κ2) is 8.06. The molecule has 4 rings (SSSR count). The van der Waals surface area contributed by atoms with Gasteiger partial charge in [0.25, 0.3) is 0 Å². The van der Waals surface area contributed by atoms with Crippen LogP contribution in [0.25, 0.3) is 5.57 Å². The lowest BCUT2D eigenvalue weighted by atomic mass is 9.67. The SMILES string of the molecule is O=C(O)c1ccc(C2=CC3C(=O)OC(=O)C3(c3ccc(C(=O)O)c(C(=O)O)c3)C=C2)cc1C(=O)O. The van der Waals surface area contributed by atoms with Gasteiger partial charge in [0.15, 0.2) is 0 Å². The van der Waals surface area contributed by atoms with Crippen LogP contribution in [0.3, 0.4) is 0 Å². The molecule has 11 nitrogen and oxygen atoms in total. The molecule has 35 heavy (non-hydrogen) atoms. The Morgan fingerprint density at radius 2 is 1.29 bits per heavy atom. The number of ether oxygens (including phenoxy) is 1. The first-order valence-corrected chi connectivity index (χ1v) is 9.86. The first kappa shape index (κ1) is 23.1. The van der Waals surface area contributed by atoms with Crippen molar-refractivity contribution in [3.63, 3.8) is 0 Å². The largest absolute Gasteiger partial charge is 0.478 e. The van der Waals surface area contributed by atoms with E-state index in [0.29, 0.717) is 0 Å². The Kier molecular flexibility index (Phi) is 5.32. The number of carbonyl (C=O) groups excluding carboxylic acids is 2. The van der Waals surface area contributed by atoms with Gasteiger partial charge < -0.3 is 25.2 Å². The maximum Gasteiger partial charge on any atom is 0.336 e. The summed E-state index contributed by atoms with van der Waals surface area (Å²) in [5, 5.41) is 37.3. The zero-order valence-corrected chi connectivity index (χ0v) is 17.4. The van der Waals surface area contributed by atoms with Gasteiger partial charge in [0.05, 0.1) is 22.3 Å². The standard InChI is InChI=1S/C24H14O11/c25-18(26)13-3-1-10(7-15(13)20(29)30)11-5-6-24(17(8-11)22(33)35-23(24)34)12-2-4-14(19(27)28)16(9-12)21(31)32/h1-9,17H,(H,25,26)(H,27,28)(H,29,30)(H,31,32). The van der Waals surface area contributed by atoms with Crippen molar-refractivity contribution in [2.24, 2.45) is 5.92 Å². The van der Waals surface area contributed by atoms with Crippen molar-refractivity contribution in [2.75, 3.05) is 0 Å². The molecule has 0 radical (unpaired) electrons. The van der Waals surface area contributed by atoms with Crippen molar-refractivity contribution in [1.82, 2.24) is 0 Å². The number of carbonyl (C=O) groups is 6. The summed E-state index contributed by atoms with van der Waals surface area (Å²) in [4.78, 5) is 71.3. The number of fused-ring (bicyclic) bond motifs is 1. The summed E-state index contributed by atoms with van der Waals surface area (Å²) in [5.41, 5.74) is -3.25. The molecule has 176 valence electrons. The third-order valence-electron chi connectivity index (χ3n) is 5.92. The van der Waals surface area contributed by atoms with E-state index in [2.05, 4.69) is 0 Å². The van der Waals surface area contributed by atoms with Crippen molar-refractivity contribution in [2.45, 2.75) is 5.41 Å². The number of rotatable bonds is 6. The van der Waals surface area contributed by atoms with E-state index < -0.39 is 69.4 Å². The molecule has 0 bridgehead atoms. The molecular weight excluding hydrogens is 464 g/mol. The average Bonchev–Trinajstić information content (AvgIpc) is 3.07. The maximum atomic E-state index is 12.8. The number of hydrogen-bond donors (Lipinski definition) is 4. The van der Waals surface area contributed by atoms with Crippen molar-refractivity contribution in [3.05, 3.63) is 88.0 Å². The molecule has 2 aliphatic rings. The lowest BCUT2D eigenvalue weighted by molar-refractivity contribution is -0.153. The van der Waals surface area contributed by atoms with Crippen LogP contribution in [-0.4, -0.2) is 56.2 Å². The molecule has 1 aliphatic carbocycles. The molecule has 11 heteroatoms. The number of aromatic carboxylic acids is 4. The van der Waals surface area contributed by atoms with Crippen LogP contribution in [0, 0.1) is 5.92 Å². The van der Waals surface area contributed by atoms with Gasteiger partial charge in [-0.05, 0) is 41.0 Å². The average molecular weight is 478 g/mol. The number of allylic oxidation sites excluding steroid dienone is 2. The molecule has 0 spiro atoms. The van der Waals surface area contributed by atoms with Crippen molar-refractivity contribution < 1.29 is 53.9 Å². The highest BCUT2D eigenvalue weighted by Crippen LogP contribution is 2.47. The molecule has 0 amide bonds. The molecule has 2 aromatic rings. The zero-order chi connectivity index (χ0) is 25.7. The van der Waals surface area contributed by atoms with Gasteiger partial charge in [-0.15, -0.1) is 0 Å². The van der Waals surface area contributed by atoms with E-state index in [-0.39, 0.29) is 16.7 Å². The van der Waals surface area contributed by atoms with Crippen LogP contribution in [0.5, 0.6) is 0 Å². The van der Waals surface area contributed by atoms with E-state index in [9.17, 15) is 49.2 Å². The number of cyclic esters (lactones) is 2. The number of carboxylic acids is 4. The van der Waals surface area contributed by atoms with Gasteiger partial charge in [0.1, 0.15) is 11.3 Å². The quantitative estimate of drug-likeness (QED) is 0.351. The molecule has 1 heterocycles. The predicted octanol–water partition coefficient (Wildman–Crippen LogP) is 2.07. The number of benzene rings is 2. The zero-order valence-electron chi connectivity index (χ0n) is 17.4. The highest BCUT2D eigenvalue weighted by molar-refractivity contribution is 6.09. The monoisotopic (exact) mass is 478 g/mol. The fraction of sp³-hybridized carbons (Fsp3) is 0.0833. The molecule has 1 saturated heterocycles. The Labute approximate surface area is 195 Å². The van der Waals surface area contributed by atoms with E-state index in [1.807, 2.05) is 0 Å². The van der Waals surface area contributed by atoms with Gasteiger partial charge in [-0.25, -0.2) is 19.2 Å². The summed E-state index contributed by atoms with van der Waals surface area (Å²) < 4.78 is 4.83. The Hall–Kier alpha value is -5.06. The third-order valence-corrected chi connectivity index (χ3v) is 5.92. The molecule has 0 aromatic heterocycles. The lowest BCUT2D eigenvalue weighted by Crippen LogP contribution is -2.37. The molecular formula is C24H14O11. The van der Waals surface area contributed by atoms with Gasteiger partial charge in [0.2, 0.25) is 0 Å². The molecule has 2 unspecified atom stereocenters. The minimum Gasteiger partial charge on any atom is -0.478 e. The van der Waals surface area contributed by atoms with Gasteiger partial charge in [-0.1, -0.05) is 30.4 Å². The van der Waals surface area contributed by atoms with Crippen LogP contribution in [-0.2, 0) is 19.7 Å². The number of hydrogen-bond acceptors (Lipinski definition) is 7. The fourth-order valence-corrected chi connectivity index (χ4v) is 4.22. The Morgan fingerprint density at radius 3 is 1.86 bits per heavy atom. The minimum atomic E-state index is -1.78. The Bertz CT molecular complexity index is 1430. The Morgan fingerprint density at radius 1 is 0.743 bits per heavy atom. The Balaban J connectivity index is 1.85. The molecule has 1 aliphatic heterocycles. The topological polar surface area (TPSA) is 193 Å². The summed E-state index contributed by atoms with van der Waals surface area (Å²) in [7, 11) is 0. The van der Waals surface area contributed by atoms with Crippen LogP contribution < -0.4 is 0 Å². The second-order valence-corrected chi connectivity index (χ2v) is 7.75. The van der Waals surface area contributed by atoms with Crippen molar-refractivity contribution in [3.8, 4) is 0 Å². The first-order chi connectivity index (χ1) is 16.5. The van der Waals surface area contributed by atoms with E-state index in [1.54, 1.807) is 0 Å². The summed E-state index contributed by atoms with van der Waals surface area (Å²) in [6.07, 6.45) is 4.02. The van der Waals surface area contributed by atoms with E-state index in [1.165, 1.54) is 30.4 Å². The lowest BCUT2D eigenvalue weighted by Gasteiger charge is -2.29. The van der Waals surface area contributed by atoms with E-state index >= 15 is 0 Å². The van der Waals surface area contributed by atoms with Crippen LogP contribution in [0.1, 0.15) is 52.6 Å².